The van der Waals surface area contributed by atoms with Crippen molar-refractivity contribution in [1.29, 1.82) is 0 Å². The summed E-state index contributed by atoms with van der Waals surface area (Å²) >= 11 is 12.1. The number of hydrogen-bond acceptors (Lipinski definition) is 5. The average molecular weight is 587 g/mol. The third-order valence-electron chi connectivity index (χ3n) is 9.09. The van der Waals surface area contributed by atoms with Crippen molar-refractivity contribution in [2.75, 3.05) is 9.80 Å². The van der Waals surface area contributed by atoms with Crippen LogP contribution in [0.15, 0.2) is 84.4 Å². The predicted octanol–water partition coefficient (Wildman–Crippen LogP) is 5.74. The SMILES string of the molecule is O=C1C2CC=C3C(CC4C(=O)N(c5ccc(Cl)cc5)C(=O)C4C3c3ccccc3O)C2C(=O)N1c1ccc(Cl)cc1. The quantitative estimate of drug-likeness (QED) is 0.312. The van der Waals surface area contributed by atoms with Gasteiger partial charge < -0.3 is 5.11 Å². The molecule has 1 N–H and O–H groups in total. The molecule has 0 aromatic heterocycles. The van der Waals surface area contributed by atoms with Crippen LogP contribution in [0, 0.1) is 29.6 Å². The van der Waals surface area contributed by atoms with Crippen molar-refractivity contribution in [2.24, 2.45) is 29.6 Å². The van der Waals surface area contributed by atoms with Crippen LogP contribution in [0.5, 0.6) is 5.75 Å². The Morgan fingerprint density at radius 3 is 1.76 bits per heavy atom. The zero-order valence-electron chi connectivity index (χ0n) is 21.6. The molecule has 4 aliphatic rings. The van der Waals surface area contributed by atoms with Crippen LogP contribution in [0.2, 0.25) is 10.0 Å². The minimum atomic E-state index is -0.759. The van der Waals surface area contributed by atoms with Crippen molar-refractivity contribution in [2.45, 2.75) is 18.8 Å². The number of phenols is 1. The number of amides is 4. The lowest BCUT2D eigenvalue weighted by Gasteiger charge is -2.44. The summed E-state index contributed by atoms with van der Waals surface area (Å²) < 4.78 is 0. The maximum Gasteiger partial charge on any atom is 0.238 e. The van der Waals surface area contributed by atoms with Crippen LogP contribution in [0.3, 0.4) is 0 Å². The van der Waals surface area contributed by atoms with E-state index in [4.69, 9.17) is 23.2 Å². The van der Waals surface area contributed by atoms with Crippen molar-refractivity contribution in [3.8, 4) is 5.75 Å². The number of hydrogen-bond donors (Lipinski definition) is 1. The standard InChI is InChI=1S/C32H24Cl2N2O5/c33-16-5-9-18(10-6-16)35-29(38)22-14-13-20-23(27(22)31(35)40)15-24-28(26(20)21-3-1-2-4-25(21)37)32(41)36(30(24)39)19-11-7-17(34)8-12-19/h1-13,22-24,26-28,37H,14-15H2. The first kappa shape index (κ1) is 26.0. The molecule has 2 heterocycles. The Balaban J connectivity index is 1.33. The Kier molecular flexibility index (Phi) is 6.07. The summed E-state index contributed by atoms with van der Waals surface area (Å²) in [6, 6.07) is 19.9. The molecule has 6 unspecified atom stereocenters. The number of allylic oxidation sites excluding steroid dienone is 2. The van der Waals surface area contributed by atoms with E-state index < -0.39 is 35.5 Å². The van der Waals surface area contributed by atoms with E-state index in [-0.39, 0.29) is 35.8 Å². The van der Waals surface area contributed by atoms with Gasteiger partial charge in [0.2, 0.25) is 23.6 Å². The van der Waals surface area contributed by atoms with Gasteiger partial charge in [-0.25, -0.2) is 0 Å². The second-order valence-electron chi connectivity index (χ2n) is 11.1. The van der Waals surface area contributed by atoms with Crippen LogP contribution < -0.4 is 9.80 Å². The largest absolute Gasteiger partial charge is 0.508 e. The molecular formula is C32H24Cl2N2O5. The first-order valence-corrected chi connectivity index (χ1v) is 14.3. The first-order chi connectivity index (χ1) is 19.8. The van der Waals surface area contributed by atoms with E-state index in [1.165, 1.54) is 9.80 Å². The van der Waals surface area contributed by atoms with E-state index in [0.717, 1.165) is 5.57 Å². The van der Waals surface area contributed by atoms with E-state index in [2.05, 4.69) is 0 Å². The minimum absolute atomic E-state index is 0.0155. The molecule has 7 nitrogen and oxygen atoms in total. The molecule has 6 atom stereocenters. The van der Waals surface area contributed by atoms with Crippen LogP contribution in [0.4, 0.5) is 11.4 Å². The van der Waals surface area contributed by atoms with Gasteiger partial charge in [0.1, 0.15) is 5.75 Å². The minimum Gasteiger partial charge on any atom is -0.508 e. The van der Waals surface area contributed by atoms with Gasteiger partial charge >= 0.3 is 0 Å². The topological polar surface area (TPSA) is 95.0 Å². The highest BCUT2D eigenvalue weighted by atomic mass is 35.5. The highest BCUT2D eigenvalue weighted by Crippen LogP contribution is 2.59. The van der Waals surface area contributed by atoms with Crippen LogP contribution in [-0.4, -0.2) is 28.7 Å². The molecule has 9 heteroatoms. The molecule has 3 aromatic carbocycles. The summed E-state index contributed by atoms with van der Waals surface area (Å²) in [5.74, 6) is -5.11. The summed E-state index contributed by atoms with van der Waals surface area (Å²) in [4.78, 5) is 58.0. The number of para-hydroxylation sites is 1. The number of halogens is 2. The molecule has 7 rings (SSSR count). The summed E-state index contributed by atoms with van der Waals surface area (Å²) in [6.45, 7) is 0. The Bertz CT molecular complexity index is 1650. The van der Waals surface area contributed by atoms with E-state index >= 15 is 0 Å². The number of fused-ring (bicyclic) bond motifs is 4. The second-order valence-corrected chi connectivity index (χ2v) is 11.9. The number of rotatable bonds is 3. The average Bonchev–Trinajstić information content (AvgIpc) is 3.37. The van der Waals surface area contributed by atoms with Crippen molar-refractivity contribution < 1.29 is 24.3 Å². The maximum absolute atomic E-state index is 14.0. The fourth-order valence-electron chi connectivity index (χ4n) is 7.38. The molecule has 2 aliphatic carbocycles. The normalized spacial score (nSPS) is 28.9. The molecule has 0 spiro atoms. The lowest BCUT2D eigenvalue weighted by molar-refractivity contribution is -0.126. The van der Waals surface area contributed by atoms with Gasteiger partial charge in [0.25, 0.3) is 0 Å². The van der Waals surface area contributed by atoms with Crippen molar-refractivity contribution in [3.05, 3.63) is 100 Å². The van der Waals surface area contributed by atoms with Crippen LogP contribution in [0.1, 0.15) is 24.3 Å². The maximum atomic E-state index is 14.0. The van der Waals surface area contributed by atoms with Gasteiger partial charge in [0.05, 0.1) is 35.0 Å². The third-order valence-corrected chi connectivity index (χ3v) is 9.59. The lowest BCUT2D eigenvalue weighted by Crippen LogP contribution is -2.43. The Morgan fingerprint density at radius 1 is 0.634 bits per heavy atom. The molecule has 2 aliphatic heterocycles. The Hall–Kier alpha value is -3.94. The molecule has 3 aromatic rings. The third kappa shape index (κ3) is 3.86. The zero-order valence-corrected chi connectivity index (χ0v) is 23.1. The summed E-state index contributed by atoms with van der Waals surface area (Å²) in [6.07, 6.45) is 2.54. The zero-order chi connectivity index (χ0) is 28.6. The van der Waals surface area contributed by atoms with E-state index in [1.54, 1.807) is 72.8 Å². The number of anilines is 2. The smallest absolute Gasteiger partial charge is 0.238 e. The molecule has 206 valence electrons. The fourth-order valence-corrected chi connectivity index (χ4v) is 7.63. The van der Waals surface area contributed by atoms with Gasteiger partial charge in [0, 0.05) is 21.5 Å². The van der Waals surface area contributed by atoms with Crippen molar-refractivity contribution >= 4 is 58.2 Å². The highest BCUT2D eigenvalue weighted by Gasteiger charge is 2.62. The molecule has 1 saturated carbocycles. The summed E-state index contributed by atoms with van der Waals surface area (Å²) in [5.41, 5.74) is 2.23. The summed E-state index contributed by atoms with van der Waals surface area (Å²) in [7, 11) is 0. The van der Waals surface area contributed by atoms with Gasteiger partial charge in [-0.15, -0.1) is 0 Å². The van der Waals surface area contributed by atoms with Crippen LogP contribution in [0.25, 0.3) is 0 Å². The number of nitrogens with zero attached hydrogens (tertiary/aromatic N) is 2. The lowest BCUT2D eigenvalue weighted by atomic mass is 9.57. The molecule has 0 radical (unpaired) electrons. The van der Waals surface area contributed by atoms with E-state index in [9.17, 15) is 24.3 Å². The van der Waals surface area contributed by atoms with Gasteiger partial charge in [-0.1, -0.05) is 53.1 Å². The van der Waals surface area contributed by atoms with Crippen molar-refractivity contribution in [3.63, 3.8) is 0 Å². The van der Waals surface area contributed by atoms with Crippen molar-refractivity contribution in [1.82, 2.24) is 0 Å². The Labute approximate surface area is 246 Å². The number of carbonyl (C=O) groups excluding carboxylic acids is 4. The monoisotopic (exact) mass is 586 g/mol. The van der Waals surface area contributed by atoms with Gasteiger partial charge in [0.15, 0.2) is 0 Å². The van der Waals surface area contributed by atoms with Gasteiger partial charge in [-0.05, 0) is 73.4 Å². The first-order valence-electron chi connectivity index (χ1n) is 13.5. The number of phenolic OH excluding ortho intramolecular Hbond substituents is 1. The summed E-state index contributed by atoms with van der Waals surface area (Å²) in [5, 5.41) is 11.9. The number of imide groups is 2. The van der Waals surface area contributed by atoms with E-state index in [1.807, 2.05) is 6.08 Å². The van der Waals surface area contributed by atoms with Gasteiger partial charge in [-0.2, -0.15) is 0 Å². The number of carbonyl (C=O) groups is 4. The molecule has 0 bridgehead atoms. The predicted molar refractivity (Wildman–Crippen MR) is 154 cm³/mol. The molecule has 4 amide bonds. The molecule has 41 heavy (non-hydrogen) atoms. The van der Waals surface area contributed by atoms with E-state index in [0.29, 0.717) is 33.4 Å². The van der Waals surface area contributed by atoms with Crippen LogP contribution >= 0.6 is 23.2 Å². The fraction of sp³-hybridized carbons (Fsp3) is 0.250. The highest BCUT2D eigenvalue weighted by molar-refractivity contribution is 6.31. The molecule has 2 saturated heterocycles. The second kappa shape index (κ2) is 9.57. The number of aromatic hydroxyl groups is 1. The number of benzene rings is 3. The van der Waals surface area contributed by atoms with Crippen LogP contribution in [-0.2, 0) is 19.2 Å². The molecule has 3 fully saturated rings. The van der Waals surface area contributed by atoms with Gasteiger partial charge in [-0.3, -0.25) is 29.0 Å². The Morgan fingerprint density at radius 2 is 1.17 bits per heavy atom. The molecular weight excluding hydrogens is 563 g/mol.